The number of carbonyl (C=O) groups excluding carboxylic acids is 1. The Bertz CT molecular complexity index is 1010. The lowest BCUT2D eigenvalue weighted by Crippen LogP contribution is -2.46. The van der Waals surface area contributed by atoms with E-state index in [-0.39, 0.29) is 5.97 Å². The van der Waals surface area contributed by atoms with Crippen molar-refractivity contribution in [2.75, 3.05) is 36.0 Å². The summed E-state index contributed by atoms with van der Waals surface area (Å²) in [6, 6.07) is 4.45. The Balaban J connectivity index is 1.40. The first-order chi connectivity index (χ1) is 14.1. The molecule has 3 aliphatic rings. The summed E-state index contributed by atoms with van der Waals surface area (Å²) in [6.45, 7) is 7.22. The molecule has 3 fully saturated rings. The van der Waals surface area contributed by atoms with E-state index in [4.69, 9.17) is 9.72 Å². The van der Waals surface area contributed by atoms with Crippen LogP contribution in [0.4, 0.5) is 11.6 Å². The lowest BCUT2D eigenvalue weighted by molar-refractivity contribution is -0.143. The highest BCUT2D eigenvalue weighted by atomic mass is 16.5. The summed E-state index contributed by atoms with van der Waals surface area (Å²) in [7, 11) is 0. The molecule has 2 aliphatic heterocycles. The largest absolute Gasteiger partial charge is 0.466 e. The molecule has 8 nitrogen and oxygen atoms in total. The van der Waals surface area contributed by atoms with Crippen molar-refractivity contribution in [3.05, 3.63) is 18.0 Å². The second-order valence-corrected chi connectivity index (χ2v) is 8.28. The quantitative estimate of drug-likeness (QED) is 0.714. The SMILES string of the molecule is CCOC(=O)CC1[C@H]2CN(c3cc4nc(C#N)cnc4c(N4CC[C@@H]4C)n3)C[C@@H]12. The van der Waals surface area contributed by atoms with E-state index in [2.05, 4.69) is 32.8 Å². The Morgan fingerprint density at radius 3 is 2.76 bits per heavy atom. The van der Waals surface area contributed by atoms with E-state index in [0.29, 0.717) is 48.0 Å². The summed E-state index contributed by atoms with van der Waals surface area (Å²) in [5.41, 5.74) is 1.78. The molecule has 0 amide bonds. The summed E-state index contributed by atoms with van der Waals surface area (Å²) in [5, 5.41) is 9.21. The van der Waals surface area contributed by atoms with Gasteiger partial charge in [0.05, 0.1) is 18.3 Å². The fourth-order valence-corrected chi connectivity index (χ4v) is 4.79. The topological polar surface area (TPSA) is 95.2 Å². The molecule has 29 heavy (non-hydrogen) atoms. The van der Waals surface area contributed by atoms with Crippen molar-refractivity contribution in [1.29, 1.82) is 5.26 Å². The van der Waals surface area contributed by atoms with Crippen molar-refractivity contribution in [2.45, 2.75) is 32.7 Å². The van der Waals surface area contributed by atoms with Gasteiger partial charge in [-0.1, -0.05) is 0 Å². The lowest BCUT2D eigenvalue weighted by atomic mass is 10.1. The standard InChI is InChI=1S/C21H24N6O2/c1-3-29-19(28)6-14-15-10-26(11-16(14)15)18-7-17-20(23-9-13(8-22)24-17)21(25-18)27-5-4-12(27)2/h7,9,12,14-16H,3-6,10-11H2,1-2H3/t12-,14?,15-,16+/m0/s1. The highest BCUT2D eigenvalue weighted by Gasteiger charge is 2.56. The third-order valence-electron chi connectivity index (χ3n) is 6.61. The van der Waals surface area contributed by atoms with Crippen LogP contribution in [0.1, 0.15) is 32.4 Å². The van der Waals surface area contributed by atoms with Gasteiger partial charge in [-0.3, -0.25) is 4.79 Å². The fourth-order valence-electron chi connectivity index (χ4n) is 4.79. The van der Waals surface area contributed by atoms with E-state index < -0.39 is 0 Å². The highest BCUT2D eigenvalue weighted by molar-refractivity contribution is 5.89. The maximum absolute atomic E-state index is 11.8. The number of anilines is 2. The van der Waals surface area contributed by atoms with E-state index in [0.717, 1.165) is 43.2 Å². The van der Waals surface area contributed by atoms with E-state index in [1.165, 1.54) is 6.20 Å². The van der Waals surface area contributed by atoms with E-state index in [1.54, 1.807) is 0 Å². The number of rotatable bonds is 5. The second kappa shape index (κ2) is 6.83. The summed E-state index contributed by atoms with van der Waals surface area (Å²) in [5.74, 6) is 3.15. The molecule has 0 aromatic carbocycles. The van der Waals surface area contributed by atoms with Crippen molar-refractivity contribution < 1.29 is 9.53 Å². The summed E-state index contributed by atoms with van der Waals surface area (Å²) in [6.07, 6.45) is 3.18. The van der Waals surface area contributed by atoms with Crippen LogP contribution in [0.5, 0.6) is 0 Å². The zero-order valence-electron chi connectivity index (χ0n) is 16.7. The average molecular weight is 392 g/mol. The molecule has 1 aliphatic carbocycles. The zero-order chi connectivity index (χ0) is 20.1. The predicted octanol–water partition coefficient (Wildman–Crippen LogP) is 2.13. The molecule has 0 radical (unpaired) electrons. The van der Waals surface area contributed by atoms with Crippen molar-refractivity contribution in [2.24, 2.45) is 17.8 Å². The van der Waals surface area contributed by atoms with Crippen LogP contribution in [0.15, 0.2) is 12.3 Å². The Labute approximate surface area is 169 Å². The maximum Gasteiger partial charge on any atom is 0.306 e. The van der Waals surface area contributed by atoms with E-state index >= 15 is 0 Å². The third kappa shape index (κ3) is 3.05. The van der Waals surface area contributed by atoms with Crippen molar-refractivity contribution in [3.8, 4) is 6.07 Å². The van der Waals surface area contributed by atoms with Crippen molar-refractivity contribution >= 4 is 28.6 Å². The van der Waals surface area contributed by atoms with Gasteiger partial charge in [0.15, 0.2) is 11.5 Å². The van der Waals surface area contributed by atoms with Crippen LogP contribution < -0.4 is 9.80 Å². The monoisotopic (exact) mass is 392 g/mol. The molecule has 4 atom stereocenters. The van der Waals surface area contributed by atoms with Gasteiger partial charge in [-0.2, -0.15) is 5.26 Å². The smallest absolute Gasteiger partial charge is 0.306 e. The zero-order valence-corrected chi connectivity index (χ0v) is 16.7. The Kier molecular flexibility index (Phi) is 4.26. The van der Waals surface area contributed by atoms with Crippen LogP contribution in [0.25, 0.3) is 11.0 Å². The molecule has 2 saturated heterocycles. The Morgan fingerprint density at radius 1 is 1.34 bits per heavy atom. The molecule has 0 bridgehead atoms. The van der Waals surface area contributed by atoms with Crippen LogP contribution >= 0.6 is 0 Å². The van der Waals surface area contributed by atoms with Crippen LogP contribution in [0.2, 0.25) is 0 Å². The lowest BCUT2D eigenvalue weighted by Gasteiger charge is -2.40. The van der Waals surface area contributed by atoms with Crippen LogP contribution in [0, 0.1) is 29.1 Å². The minimum atomic E-state index is -0.0874. The van der Waals surface area contributed by atoms with Gasteiger partial charge < -0.3 is 14.5 Å². The molecule has 0 N–H and O–H groups in total. The van der Waals surface area contributed by atoms with Crippen molar-refractivity contribution in [3.63, 3.8) is 0 Å². The molecule has 2 aromatic rings. The maximum atomic E-state index is 11.8. The first kappa shape index (κ1) is 18.1. The van der Waals surface area contributed by atoms with Crippen molar-refractivity contribution in [1.82, 2.24) is 15.0 Å². The van der Waals surface area contributed by atoms with Crippen LogP contribution in [-0.2, 0) is 9.53 Å². The molecule has 1 saturated carbocycles. The summed E-state index contributed by atoms with van der Waals surface area (Å²) >= 11 is 0. The minimum absolute atomic E-state index is 0.0874. The van der Waals surface area contributed by atoms with Gasteiger partial charge in [0.1, 0.15) is 17.4 Å². The summed E-state index contributed by atoms with van der Waals surface area (Å²) in [4.78, 5) is 30.2. The van der Waals surface area contributed by atoms with Crippen LogP contribution in [-0.4, -0.2) is 53.2 Å². The number of carbonyl (C=O) groups is 1. The molecule has 4 heterocycles. The normalized spacial score (nSPS) is 27.3. The molecule has 1 unspecified atom stereocenters. The minimum Gasteiger partial charge on any atom is -0.466 e. The fraction of sp³-hybridized carbons (Fsp3) is 0.571. The number of fused-ring (bicyclic) bond motifs is 2. The molecule has 0 spiro atoms. The number of nitriles is 1. The van der Waals surface area contributed by atoms with Gasteiger partial charge in [0, 0.05) is 38.2 Å². The highest BCUT2D eigenvalue weighted by Crippen LogP contribution is 2.54. The number of aromatic nitrogens is 3. The molecule has 8 heteroatoms. The Hall–Kier alpha value is -2.95. The number of ether oxygens (including phenoxy) is 1. The Morgan fingerprint density at radius 2 is 2.14 bits per heavy atom. The van der Waals surface area contributed by atoms with Gasteiger partial charge in [0.2, 0.25) is 0 Å². The number of hydrogen-bond acceptors (Lipinski definition) is 8. The predicted molar refractivity (Wildman–Crippen MR) is 107 cm³/mol. The van der Waals surface area contributed by atoms with E-state index in [9.17, 15) is 10.1 Å². The van der Waals surface area contributed by atoms with Gasteiger partial charge in [-0.25, -0.2) is 15.0 Å². The van der Waals surface area contributed by atoms with Gasteiger partial charge in [-0.05, 0) is 38.0 Å². The van der Waals surface area contributed by atoms with Gasteiger partial charge in [-0.15, -0.1) is 0 Å². The molecular weight excluding hydrogens is 368 g/mol. The number of hydrogen-bond donors (Lipinski definition) is 0. The molecule has 2 aromatic heterocycles. The average Bonchev–Trinajstić information content (AvgIpc) is 3.13. The molecule has 5 rings (SSSR count). The number of pyridine rings is 1. The second-order valence-electron chi connectivity index (χ2n) is 8.28. The van der Waals surface area contributed by atoms with Gasteiger partial charge >= 0.3 is 5.97 Å². The number of nitrogens with zero attached hydrogens (tertiary/aromatic N) is 6. The number of esters is 1. The first-order valence-corrected chi connectivity index (χ1v) is 10.3. The van der Waals surface area contributed by atoms with Gasteiger partial charge in [0.25, 0.3) is 0 Å². The van der Waals surface area contributed by atoms with E-state index in [1.807, 2.05) is 13.0 Å². The number of piperidine rings is 1. The summed E-state index contributed by atoms with van der Waals surface area (Å²) < 4.78 is 5.10. The van der Waals surface area contributed by atoms with Crippen LogP contribution in [0.3, 0.4) is 0 Å². The molecular formula is C21H24N6O2. The third-order valence-corrected chi connectivity index (χ3v) is 6.61. The first-order valence-electron chi connectivity index (χ1n) is 10.3. The molecule has 150 valence electrons.